The van der Waals surface area contributed by atoms with Crippen molar-refractivity contribution in [3.8, 4) is 0 Å². The van der Waals surface area contributed by atoms with Crippen molar-refractivity contribution >= 4 is 16.6 Å². The molecule has 0 bridgehead atoms. The summed E-state index contributed by atoms with van der Waals surface area (Å²) in [5.41, 5.74) is 1.25. The van der Waals surface area contributed by atoms with Gasteiger partial charge in [-0.3, -0.25) is 0 Å². The molecule has 0 aromatic rings. The van der Waals surface area contributed by atoms with E-state index in [4.69, 9.17) is 8.85 Å². The third-order valence-corrected chi connectivity index (χ3v) is 14.5. The summed E-state index contributed by atoms with van der Waals surface area (Å²) in [5, 5.41) is 0.555. The van der Waals surface area contributed by atoms with Crippen LogP contribution < -0.4 is 0 Å². The minimum atomic E-state index is -1.62. The summed E-state index contributed by atoms with van der Waals surface area (Å²) in [6, 6.07) is 0. The molecule has 0 aliphatic rings. The van der Waals surface area contributed by atoms with Gasteiger partial charge in [0.05, 0.1) is 0 Å². The lowest BCUT2D eigenvalue weighted by atomic mass is 10.2. The molecule has 0 amide bonds. The SMILES string of the molecule is C=C(CCO[Si](C)(C)C(C)(C)C)CCO[Si](C)(C)C(C)(C)C. The van der Waals surface area contributed by atoms with Crippen LogP contribution in [0.25, 0.3) is 0 Å². The summed E-state index contributed by atoms with van der Waals surface area (Å²) in [6.07, 6.45) is 1.90. The van der Waals surface area contributed by atoms with Crippen LogP contribution in [0.15, 0.2) is 12.2 Å². The molecule has 0 saturated heterocycles. The van der Waals surface area contributed by atoms with Gasteiger partial charge in [-0.2, -0.15) is 0 Å². The van der Waals surface area contributed by atoms with Crippen molar-refractivity contribution in [2.24, 2.45) is 0 Å². The van der Waals surface area contributed by atoms with E-state index in [2.05, 4.69) is 74.3 Å². The van der Waals surface area contributed by atoms with Gasteiger partial charge in [-0.15, -0.1) is 0 Å². The largest absolute Gasteiger partial charge is 0.417 e. The molecule has 0 fully saturated rings. The smallest absolute Gasteiger partial charge is 0.191 e. The first-order valence-corrected chi connectivity index (χ1v) is 14.4. The molecule has 0 rings (SSSR count). The summed E-state index contributed by atoms with van der Waals surface area (Å²) in [4.78, 5) is 0. The summed E-state index contributed by atoms with van der Waals surface area (Å²) in [6.45, 7) is 28.7. The monoisotopic (exact) mass is 344 g/mol. The molecule has 0 aromatic carbocycles. The average Bonchev–Trinajstić information content (AvgIpc) is 2.25. The Morgan fingerprint density at radius 1 is 0.727 bits per heavy atom. The number of hydrogen-bond donors (Lipinski definition) is 0. The van der Waals surface area contributed by atoms with Gasteiger partial charge in [-0.25, -0.2) is 0 Å². The highest BCUT2D eigenvalue weighted by Crippen LogP contribution is 2.37. The maximum absolute atomic E-state index is 6.21. The molecule has 0 atom stereocenters. The summed E-state index contributed by atoms with van der Waals surface area (Å²) in [7, 11) is -3.25. The zero-order valence-electron chi connectivity index (χ0n) is 16.9. The minimum Gasteiger partial charge on any atom is -0.417 e. The summed E-state index contributed by atoms with van der Waals surface area (Å²) < 4.78 is 12.4. The lowest BCUT2D eigenvalue weighted by Crippen LogP contribution is -2.41. The summed E-state index contributed by atoms with van der Waals surface area (Å²) >= 11 is 0. The van der Waals surface area contributed by atoms with Crippen LogP contribution in [0, 0.1) is 0 Å². The van der Waals surface area contributed by atoms with E-state index in [1.807, 2.05) is 0 Å². The number of rotatable bonds is 8. The van der Waals surface area contributed by atoms with E-state index in [9.17, 15) is 0 Å². The Morgan fingerprint density at radius 3 is 1.23 bits per heavy atom. The molecule has 4 heteroatoms. The molecule has 0 aliphatic carbocycles. The normalized spacial score (nSPS) is 14.3. The van der Waals surface area contributed by atoms with Gasteiger partial charge < -0.3 is 8.85 Å². The summed E-state index contributed by atoms with van der Waals surface area (Å²) in [5.74, 6) is 0. The Kier molecular flexibility index (Phi) is 7.81. The maximum Gasteiger partial charge on any atom is 0.191 e. The Hall–Kier alpha value is 0.0938. The minimum absolute atomic E-state index is 0.278. The van der Waals surface area contributed by atoms with Gasteiger partial charge in [0.15, 0.2) is 16.6 Å². The van der Waals surface area contributed by atoms with Gasteiger partial charge in [-0.05, 0) is 49.1 Å². The zero-order chi connectivity index (χ0) is 17.8. The van der Waals surface area contributed by atoms with Gasteiger partial charge in [0, 0.05) is 13.2 Å². The lowest BCUT2D eigenvalue weighted by Gasteiger charge is -2.36. The second-order valence-corrected chi connectivity index (χ2v) is 19.1. The quantitative estimate of drug-likeness (QED) is 0.376. The topological polar surface area (TPSA) is 18.5 Å². The van der Waals surface area contributed by atoms with E-state index >= 15 is 0 Å². The molecule has 2 nitrogen and oxygen atoms in total. The molecular weight excluding hydrogens is 304 g/mol. The van der Waals surface area contributed by atoms with E-state index in [1.54, 1.807) is 0 Å². The highest BCUT2D eigenvalue weighted by molar-refractivity contribution is 6.74. The Balaban J connectivity index is 4.09. The van der Waals surface area contributed by atoms with Crippen molar-refractivity contribution < 1.29 is 8.85 Å². The van der Waals surface area contributed by atoms with Crippen molar-refractivity contribution in [3.63, 3.8) is 0 Å². The second kappa shape index (κ2) is 7.78. The maximum atomic E-state index is 6.21. The first-order valence-electron chi connectivity index (χ1n) is 8.55. The fourth-order valence-electron chi connectivity index (χ4n) is 1.46. The van der Waals surface area contributed by atoms with E-state index < -0.39 is 16.6 Å². The predicted octanol–water partition coefficient (Wildman–Crippen LogP) is 6.37. The van der Waals surface area contributed by atoms with Crippen LogP contribution in [-0.2, 0) is 8.85 Å². The standard InChI is InChI=1S/C18H40O2Si2/c1-16(12-14-19-21(8,9)17(2,3)4)13-15-20-22(10,11)18(5,6)7/h1,12-15H2,2-11H3. The third kappa shape index (κ3) is 7.11. The first kappa shape index (κ1) is 22.1. The van der Waals surface area contributed by atoms with Crippen LogP contribution in [0.3, 0.4) is 0 Å². The zero-order valence-corrected chi connectivity index (χ0v) is 18.9. The molecule has 22 heavy (non-hydrogen) atoms. The highest BCUT2D eigenvalue weighted by Gasteiger charge is 2.37. The van der Waals surface area contributed by atoms with Crippen molar-refractivity contribution in [1.82, 2.24) is 0 Å². The molecule has 0 saturated carbocycles. The van der Waals surface area contributed by atoms with Gasteiger partial charge in [-0.1, -0.05) is 53.7 Å². The Morgan fingerprint density at radius 2 is 1.00 bits per heavy atom. The lowest BCUT2D eigenvalue weighted by molar-refractivity contribution is 0.275. The number of hydrogen-bond acceptors (Lipinski definition) is 2. The fraction of sp³-hybridized carbons (Fsp3) is 0.889. The van der Waals surface area contributed by atoms with E-state index in [0.717, 1.165) is 26.1 Å². The molecular formula is C18H40O2Si2. The Labute approximate surface area is 141 Å². The van der Waals surface area contributed by atoms with E-state index in [0.29, 0.717) is 0 Å². The predicted molar refractivity (Wildman–Crippen MR) is 105 cm³/mol. The molecule has 0 aliphatic heterocycles. The van der Waals surface area contributed by atoms with Crippen LogP contribution in [-0.4, -0.2) is 29.8 Å². The highest BCUT2D eigenvalue weighted by atomic mass is 28.4. The van der Waals surface area contributed by atoms with Crippen LogP contribution in [0.2, 0.25) is 36.3 Å². The van der Waals surface area contributed by atoms with Crippen molar-refractivity contribution in [2.75, 3.05) is 13.2 Å². The van der Waals surface area contributed by atoms with Crippen molar-refractivity contribution in [2.45, 2.75) is 90.6 Å². The molecule has 0 spiro atoms. The molecule has 0 heterocycles. The molecule has 0 N–H and O–H groups in total. The average molecular weight is 345 g/mol. The van der Waals surface area contributed by atoms with Crippen LogP contribution in [0.4, 0.5) is 0 Å². The molecule has 0 aromatic heterocycles. The van der Waals surface area contributed by atoms with Gasteiger partial charge >= 0.3 is 0 Å². The van der Waals surface area contributed by atoms with Gasteiger partial charge in [0.1, 0.15) is 0 Å². The van der Waals surface area contributed by atoms with E-state index in [1.165, 1.54) is 5.57 Å². The molecule has 0 unspecified atom stereocenters. The first-order chi connectivity index (χ1) is 9.60. The van der Waals surface area contributed by atoms with Crippen LogP contribution in [0.1, 0.15) is 54.4 Å². The third-order valence-electron chi connectivity index (χ3n) is 5.45. The van der Waals surface area contributed by atoms with Gasteiger partial charge in [0.25, 0.3) is 0 Å². The van der Waals surface area contributed by atoms with Gasteiger partial charge in [0.2, 0.25) is 0 Å². The second-order valence-electron chi connectivity index (χ2n) is 9.47. The fourth-order valence-corrected chi connectivity index (χ4v) is 3.55. The molecule has 0 radical (unpaired) electrons. The van der Waals surface area contributed by atoms with Crippen molar-refractivity contribution in [3.05, 3.63) is 12.2 Å². The molecule has 132 valence electrons. The van der Waals surface area contributed by atoms with Crippen LogP contribution in [0.5, 0.6) is 0 Å². The Bertz CT molecular complexity index is 326. The van der Waals surface area contributed by atoms with Crippen molar-refractivity contribution in [1.29, 1.82) is 0 Å². The van der Waals surface area contributed by atoms with Crippen LogP contribution >= 0.6 is 0 Å². The van der Waals surface area contributed by atoms with E-state index in [-0.39, 0.29) is 10.1 Å².